The lowest BCUT2D eigenvalue weighted by Gasteiger charge is -2.39. The van der Waals surface area contributed by atoms with Crippen LogP contribution >= 0.6 is 24.8 Å². The summed E-state index contributed by atoms with van der Waals surface area (Å²) < 4.78 is 0. The molecule has 1 aromatic rings. The van der Waals surface area contributed by atoms with Crippen LogP contribution in [0, 0.1) is 0 Å². The maximum absolute atomic E-state index is 12.9. The van der Waals surface area contributed by atoms with Gasteiger partial charge >= 0.3 is 0 Å². The van der Waals surface area contributed by atoms with Crippen molar-refractivity contribution in [1.29, 1.82) is 0 Å². The predicted molar refractivity (Wildman–Crippen MR) is 123 cm³/mol. The van der Waals surface area contributed by atoms with Crippen molar-refractivity contribution in [2.45, 2.75) is 31.7 Å². The lowest BCUT2D eigenvalue weighted by Crippen LogP contribution is -2.54. The fraction of sp³-hybridized carbons (Fsp3) is 0.650. The van der Waals surface area contributed by atoms with Crippen LogP contribution in [-0.4, -0.2) is 85.0 Å². The van der Waals surface area contributed by atoms with Gasteiger partial charge in [0.25, 0.3) is 0 Å². The third kappa shape index (κ3) is 7.58. The van der Waals surface area contributed by atoms with E-state index in [1.165, 1.54) is 0 Å². The van der Waals surface area contributed by atoms with Crippen molar-refractivity contribution in [3.05, 3.63) is 24.4 Å². The first-order valence-corrected chi connectivity index (χ1v) is 10.3. The van der Waals surface area contributed by atoms with Crippen molar-refractivity contribution in [3.8, 4) is 0 Å². The average molecular weight is 461 g/mol. The highest BCUT2D eigenvalue weighted by atomic mass is 35.5. The number of nitrogens with two attached hydrogens (primary N) is 1. The molecule has 0 aromatic carbocycles. The number of hydrogen-bond acceptors (Lipinski definition) is 6. The minimum Gasteiger partial charge on any atom is -0.354 e. The first-order chi connectivity index (χ1) is 13.7. The molecule has 8 nitrogen and oxygen atoms in total. The summed E-state index contributed by atoms with van der Waals surface area (Å²) in [7, 11) is 0. The van der Waals surface area contributed by atoms with Gasteiger partial charge in [0.2, 0.25) is 11.8 Å². The van der Waals surface area contributed by atoms with Crippen molar-refractivity contribution in [3.63, 3.8) is 0 Å². The van der Waals surface area contributed by atoms with Gasteiger partial charge < -0.3 is 20.9 Å². The Hall–Kier alpha value is -1.61. The van der Waals surface area contributed by atoms with Gasteiger partial charge in [0.15, 0.2) is 0 Å². The number of piperidine rings is 1. The number of hydrogen-bond donors (Lipinski definition) is 2. The van der Waals surface area contributed by atoms with Gasteiger partial charge in [-0.25, -0.2) is 4.98 Å². The van der Waals surface area contributed by atoms with E-state index < -0.39 is 0 Å². The summed E-state index contributed by atoms with van der Waals surface area (Å²) in [5.41, 5.74) is 5.43. The monoisotopic (exact) mass is 460 g/mol. The number of amides is 2. The number of nitrogens with one attached hydrogen (secondary N) is 1. The first-order valence-electron chi connectivity index (χ1n) is 10.3. The molecule has 0 aliphatic carbocycles. The van der Waals surface area contributed by atoms with E-state index in [0.717, 1.165) is 57.8 Å². The number of aromatic nitrogens is 1. The summed E-state index contributed by atoms with van der Waals surface area (Å²) in [5.74, 6) is 1.13. The van der Waals surface area contributed by atoms with Crippen molar-refractivity contribution in [2.24, 2.45) is 5.73 Å². The molecule has 30 heavy (non-hydrogen) atoms. The zero-order valence-electron chi connectivity index (χ0n) is 17.4. The molecule has 2 saturated heterocycles. The van der Waals surface area contributed by atoms with Crippen molar-refractivity contribution in [1.82, 2.24) is 20.1 Å². The second-order valence-corrected chi connectivity index (χ2v) is 7.53. The van der Waals surface area contributed by atoms with E-state index >= 15 is 0 Å². The van der Waals surface area contributed by atoms with Crippen LogP contribution in [0.25, 0.3) is 0 Å². The highest BCUT2D eigenvalue weighted by Crippen LogP contribution is 2.18. The molecule has 10 heteroatoms. The molecule has 2 aliphatic rings. The summed E-state index contributed by atoms with van der Waals surface area (Å²) >= 11 is 0. The summed E-state index contributed by atoms with van der Waals surface area (Å²) in [4.78, 5) is 35.5. The quantitative estimate of drug-likeness (QED) is 0.627. The highest BCUT2D eigenvalue weighted by Gasteiger charge is 2.29. The lowest BCUT2D eigenvalue weighted by atomic mass is 10.0. The summed E-state index contributed by atoms with van der Waals surface area (Å²) in [5, 5.41) is 2.93. The fourth-order valence-corrected chi connectivity index (χ4v) is 3.95. The van der Waals surface area contributed by atoms with Gasteiger partial charge in [-0.15, -0.1) is 24.8 Å². The van der Waals surface area contributed by atoms with Crippen LogP contribution in [0.15, 0.2) is 24.4 Å². The molecule has 0 bridgehead atoms. The molecule has 0 saturated carbocycles. The maximum atomic E-state index is 12.9. The summed E-state index contributed by atoms with van der Waals surface area (Å²) in [6, 6.07) is 6.04. The SMILES string of the molecule is Cl.Cl.NCCC(=O)NCC1CCCCN1C(=O)CN1CCN(c2ccccn2)CC1. The van der Waals surface area contributed by atoms with Crippen LogP contribution in [0.2, 0.25) is 0 Å². The van der Waals surface area contributed by atoms with E-state index in [1.54, 1.807) is 0 Å². The van der Waals surface area contributed by atoms with Crippen molar-refractivity contribution in [2.75, 3.05) is 57.3 Å². The van der Waals surface area contributed by atoms with E-state index in [-0.39, 0.29) is 42.7 Å². The van der Waals surface area contributed by atoms with Crippen LogP contribution in [0.4, 0.5) is 5.82 Å². The second-order valence-electron chi connectivity index (χ2n) is 7.53. The minimum absolute atomic E-state index is 0. The van der Waals surface area contributed by atoms with E-state index in [9.17, 15) is 9.59 Å². The van der Waals surface area contributed by atoms with E-state index in [4.69, 9.17) is 5.73 Å². The molecule has 170 valence electrons. The predicted octanol–water partition coefficient (Wildman–Crippen LogP) is 0.893. The molecular formula is C20H34Cl2N6O2. The Morgan fingerprint density at radius 2 is 1.87 bits per heavy atom. The molecule has 1 unspecified atom stereocenters. The van der Waals surface area contributed by atoms with Crippen LogP contribution in [-0.2, 0) is 9.59 Å². The molecule has 1 atom stereocenters. The van der Waals surface area contributed by atoms with Crippen molar-refractivity contribution < 1.29 is 9.59 Å². The fourth-order valence-electron chi connectivity index (χ4n) is 3.95. The molecular weight excluding hydrogens is 427 g/mol. The number of likely N-dealkylation sites (tertiary alicyclic amines) is 1. The van der Waals surface area contributed by atoms with Crippen LogP contribution in [0.3, 0.4) is 0 Å². The number of carbonyl (C=O) groups excluding carboxylic acids is 2. The zero-order valence-corrected chi connectivity index (χ0v) is 19.0. The number of piperazine rings is 1. The minimum atomic E-state index is -0.0360. The van der Waals surface area contributed by atoms with Crippen LogP contribution in [0.5, 0.6) is 0 Å². The molecule has 0 spiro atoms. The Balaban J connectivity index is 0.00000225. The molecule has 2 amide bonds. The van der Waals surface area contributed by atoms with E-state index in [1.807, 2.05) is 29.3 Å². The summed E-state index contributed by atoms with van der Waals surface area (Å²) in [6.07, 6.45) is 5.23. The largest absolute Gasteiger partial charge is 0.354 e. The summed E-state index contributed by atoms with van der Waals surface area (Å²) in [6.45, 7) is 5.57. The average Bonchev–Trinajstić information content (AvgIpc) is 2.74. The van der Waals surface area contributed by atoms with Gasteiger partial charge in [0.05, 0.1) is 6.54 Å². The Morgan fingerprint density at radius 1 is 1.10 bits per heavy atom. The van der Waals surface area contributed by atoms with E-state index in [0.29, 0.717) is 26.1 Å². The van der Waals surface area contributed by atoms with Gasteiger partial charge in [0, 0.05) is 64.5 Å². The number of rotatable bonds is 7. The van der Waals surface area contributed by atoms with E-state index in [2.05, 4.69) is 20.1 Å². The number of anilines is 1. The first kappa shape index (κ1) is 26.4. The number of nitrogens with zero attached hydrogens (tertiary/aromatic N) is 4. The third-order valence-corrected chi connectivity index (χ3v) is 5.56. The van der Waals surface area contributed by atoms with Gasteiger partial charge in [-0.2, -0.15) is 0 Å². The highest BCUT2D eigenvalue weighted by molar-refractivity contribution is 5.85. The number of carbonyl (C=O) groups is 2. The number of pyridine rings is 1. The van der Waals surface area contributed by atoms with Gasteiger partial charge in [-0.05, 0) is 31.4 Å². The Kier molecular flexibility index (Phi) is 12.0. The Bertz CT molecular complexity index is 643. The Labute approximate surface area is 191 Å². The third-order valence-electron chi connectivity index (χ3n) is 5.56. The lowest BCUT2D eigenvalue weighted by molar-refractivity contribution is -0.136. The van der Waals surface area contributed by atoms with Gasteiger partial charge in [-0.3, -0.25) is 14.5 Å². The molecule has 3 rings (SSSR count). The van der Waals surface area contributed by atoms with Crippen LogP contribution in [0.1, 0.15) is 25.7 Å². The standard InChI is InChI=1S/C20H32N6O2.2ClH/c21-8-7-19(27)23-15-17-5-2-4-10-26(17)20(28)16-24-11-13-25(14-12-24)18-6-1-3-9-22-18;;/h1,3,6,9,17H,2,4-5,7-8,10-16,21H2,(H,23,27);2*1H. The molecule has 0 radical (unpaired) electrons. The molecule has 3 heterocycles. The molecule has 2 fully saturated rings. The maximum Gasteiger partial charge on any atom is 0.237 e. The van der Waals surface area contributed by atoms with Crippen molar-refractivity contribution >= 4 is 42.4 Å². The second kappa shape index (κ2) is 13.6. The normalized spacial score (nSPS) is 19.4. The Morgan fingerprint density at radius 3 is 2.53 bits per heavy atom. The number of halogens is 2. The smallest absolute Gasteiger partial charge is 0.237 e. The topological polar surface area (TPSA) is 94.8 Å². The van der Waals surface area contributed by atoms with Gasteiger partial charge in [0.1, 0.15) is 5.82 Å². The molecule has 3 N–H and O–H groups in total. The zero-order chi connectivity index (χ0) is 19.8. The van der Waals surface area contributed by atoms with Gasteiger partial charge in [-0.1, -0.05) is 6.07 Å². The molecule has 1 aromatic heterocycles. The van der Waals surface area contributed by atoms with Crippen LogP contribution < -0.4 is 16.0 Å². The molecule has 2 aliphatic heterocycles.